The molecule has 0 aromatic carbocycles. The third-order valence-electron chi connectivity index (χ3n) is 12.0. The van der Waals surface area contributed by atoms with Crippen molar-refractivity contribution in [2.75, 3.05) is 13.2 Å². The largest absolute Gasteiger partial charge is 0.462 e. The van der Waals surface area contributed by atoms with Crippen LogP contribution in [0.25, 0.3) is 0 Å². The molecule has 59 heavy (non-hydrogen) atoms. The Hall–Kier alpha value is -1.59. The van der Waals surface area contributed by atoms with Gasteiger partial charge in [-0.3, -0.25) is 14.4 Å². The Morgan fingerprint density at radius 2 is 0.559 bits per heavy atom. The van der Waals surface area contributed by atoms with Gasteiger partial charge in [-0.25, -0.2) is 0 Å². The highest BCUT2D eigenvalue weighted by atomic mass is 16.6. The van der Waals surface area contributed by atoms with E-state index in [0.717, 1.165) is 63.7 Å². The second-order valence-electron chi connectivity index (χ2n) is 18.6. The van der Waals surface area contributed by atoms with Crippen molar-refractivity contribution in [3.05, 3.63) is 0 Å². The number of carbonyl (C=O) groups excluding carboxylic acids is 3. The second-order valence-corrected chi connectivity index (χ2v) is 18.6. The van der Waals surface area contributed by atoms with Crippen LogP contribution in [0.3, 0.4) is 0 Å². The van der Waals surface area contributed by atoms with E-state index in [2.05, 4.69) is 27.7 Å². The van der Waals surface area contributed by atoms with Gasteiger partial charge in [0.05, 0.1) is 0 Å². The molecule has 0 N–H and O–H groups in total. The minimum absolute atomic E-state index is 0.0632. The first-order chi connectivity index (χ1) is 28.9. The molecule has 0 amide bonds. The smallest absolute Gasteiger partial charge is 0.306 e. The topological polar surface area (TPSA) is 78.9 Å². The summed E-state index contributed by atoms with van der Waals surface area (Å²) in [6.45, 7) is 8.99. The zero-order valence-electron chi connectivity index (χ0n) is 40.2. The summed E-state index contributed by atoms with van der Waals surface area (Å²) in [4.78, 5) is 37.9. The van der Waals surface area contributed by atoms with Crippen LogP contribution >= 0.6 is 0 Å². The number of carbonyl (C=O) groups is 3. The minimum atomic E-state index is -0.760. The third-order valence-corrected chi connectivity index (χ3v) is 12.0. The number of unbranched alkanes of at least 4 members (excludes halogenated alkanes) is 35. The molecule has 0 spiro atoms. The molecule has 0 saturated carbocycles. The first kappa shape index (κ1) is 57.4. The molecule has 350 valence electrons. The zero-order chi connectivity index (χ0) is 43.1. The lowest BCUT2D eigenvalue weighted by molar-refractivity contribution is -0.167. The lowest BCUT2D eigenvalue weighted by Crippen LogP contribution is -2.30. The van der Waals surface area contributed by atoms with Gasteiger partial charge in [0.15, 0.2) is 6.10 Å². The average Bonchev–Trinajstić information content (AvgIpc) is 3.22. The van der Waals surface area contributed by atoms with Crippen LogP contribution in [0.2, 0.25) is 0 Å². The number of hydrogen-bond acceptors (Lipinski definition) is 6. The fourth-order valence-corrected chi connectivity index (χ4v) is 8.04. The van der Waals surface area contributed by atoms with Gasteiger partial charge < -0.3 is 14.2 Å². The quantitative estimate of drug-likeness (QED) is 0.0345. The summed E-state index contributed by atoms with van der Waals surface area (Å²) in [5.74, 6) is -0.0501. The van der Waals surface area contributed by atoms with Crippen LogP contribution in [-0.4, -0.2) is 37.2 Å². The van der Waals surface area contributed by atoms with E-state index in [9.17, 15) is 14.4 Å². The van der Waals surface area contributed by atoms with Gasteiger partial charge in [0.25, 0.3) is 0 Å². The molecule has 0 unspecified atom stereocenters. The van der Waals surface area contributed by atoms with Crippen molar-refractivity contribution in [3.63, 3.8) is 0 Å². The van der Waals surface area contributed by atoms with Crippen molar-refractivity contribution in [2.24, 2.45) is 5.92 Å². The summed E-state index contributed by atoms with van der Waals surface area (Å²) < 4.78 is 16.8. The van der Waals surface area contributed by atoms with Crippen LogP contribution in [0, 0.1) is 5.92 Å². The Balaban J connectivity index is 4.25. The zero-order valence-corrected chi connectivity index (χ0v) is 40.2. The van der Waals surface area contributed by atoms with E-state index in [1.54, 1.807) is 0 Å². The first-order valence-corrected chi connectivity index (χ1v) is 26.4. The summed E-state index contributed by atoms with van der Waals surface area (Å²) in [6, 6.07) is 0. The molecule has 0 fully saturated rings. The molecule has 0 radical (unpaired) electrons. The van der Waals surface area contributed by atoms with E-state index < -0.39 is 6.10 Å². The van der Waals surface area contributed by atoms with Crippen LogP contribution in [-0.2, 0) is 28.6 Å². The van der Waals surface area contributed by atoms with Gasteiger partial charge in [0.2, 0.25) is 0 Å². The molecule has 0 aromatic rings. The molecule has 6 nitrogen and oxygen atoms in total. The first-order valence-electron chi connectivity index (χ1n) is 26.4. The Morgan fingerprint density at radius 1 is 0.322 bits per heavy atom. The van der Waals surface area contributed by atoms with E-state index >= 15 is 0 Å². The fourth-order valence-electron chi connectivity index (χ4n) is 8.04. The van der Waals surface area contributed by atoms with Crippen LogP contribution in [0.15, 0.2) is 0 Å². The van der Waals surface area contributed by atoms with Gasteiger partial charge in [-0.2, -0.15) is 0 Å². The lowest BCUT2D eigenvalue weighted by Gasteiger charge is -2.18. The predicted octanol–water partition coefficient (Wildman–Crippen LogP) is 17.1. The van der Waals surface area contributed by atoms with E-state index in [1.807, 2.05) is 0 Å². The molecule has 1 atom stereocenters. The van der Waals surface area contributed by atoms with Crippen LogP contribution in [0.5, 0.6) is 0 Å². The maximum Gasteiger partial charge on any atom is 0.306 e. The molecule has 0 aliphatic heterocycles. The van der Waals surface area contributed by atoms with Gasteiger partial charge in [-0.1, -0.05) is 259 Å². The maximum atomic E-state index is 12.8. The molecule has 0 saturated heterocycles. The summed E-state index contributed by atoms with van der Waals surface area (Å²) in [5, 5.41) is 0. The van der Waals surface area contributed by atoms with Gasteiger partial charge >= 0.3 is 17.9 Å². The molecule has 0 rings (SSSR count). The van der Waals surface area contributed by atoms with E-state index in [1.165, 1.54) is 193 Å². The van der Waals surface area contributed by atoms with E-state index in [0.29, 0.717) is 19.3 Å². The van der Waals surface area contributed by atoms with Crippen molar-refractivity contribution < 1.29 is 28.6 Å². The number of esters is 3. The fraction of sp³-hybridized carbons (Fsp3) is 0.943. The van der Waals surface area contributed by atoms with Gasteiger partial charge in [-0.05, 0) is 25.2 Å². The lowest BCUT2D eigenvalue weighted by atomic mass is 10.0. The molecule has 6 heteroatoms. The van der Waals surface area contributed by atoms with Gasteiger partial charge in [0, 0.05) is 19.3 Å². The molecular weight excluding hydrogens is 733 g/mol. The Morgan fingerprint density at radius 3 is 0.831 bits per heavy atom. The molecule has 0 aliphatic rings. The monoisotopic (exact) mass is 835 g/mol. The molecule has 0 aliphatic carbocycles. The number of hydrogen-bond donors (Lipinski definition) is 0. The van der Waals surface area contributed by atoms with Gasteiger partial charge in [0.1, 0.15) is 13.2 Å². The second kappa shape index (κ2) is 47.5. The highest BCUT2D eigenvalue weighted by Crippen LogP contribution is 2.17. The van der Waals surface area contributed by atoms with Gasteiger partial charge in [-0.15, -0.1) is 0 Å². The summed E-state index contributed by atoms with van der Waals surface area (Å²) in [7, 11) is 0. The van der Waals surface area contributed by atoms with E-state index in [-0.39, 0.29) is 31.1 Å². The highest BCUT2D eigenvalue weighted by Gasteiger charge is 2.19. The van der Waals surface area contributed by atoms with Crippen molar-refractivity contribution >= 4 is 17.9 Å². The van der Waals surface area contributed by atoms with Crippen molar-refractivity contribution in [1.82, 2.24) is 0 Å². The summed E-state index contributed by atoms with van der Waals surface area (Å²) in [6.07, 6.45) is 49.5. The van der Waals surface area contributed by atoms with Crippen molar-refractivity contribution in [1.29, 1.82) is 0 Å². The SMILES string of the molecule is CCCCCCCCCCCCCCCCCCCCCC(=O)O[C@H](COC(=O)CCCCCCCCCCCCC)COC(=O)CCCCCCCCCCC(C)C. The van der Waals surface area contributed by atoms with Crippen LogP contribution in [0.4, 0.5) is 0 Å². The van der Waals surface area contributed by atoms with Crippen LogP contribution < -0.4 is 0 Å². The predicted molar refractivity (Wildman–Crippen MR) is 252 cm³/mol. The molecule has 0 bridgehead atoms. The normalized spacial score (nSPS) is 11.9. The minimum Gasteiger partial charge on any atom is -0.462 e. The van der Waals surface area contributed by atoms with E-state index in [4.69, 9.17) is 14.2 Å². The summed E-state index contributed by atoms with van der Waals surface area (Å²) >= 11 is 0. The highest BCUT2D eigenvalue weighted by molar-refractivity contribution is 5.71. The van der Waals surface area contributed by atoms with Crippen molar-refractivity contribution in [3.8, 4) is 0 Å². The summed E-state index contributed by atoms with van der Waals surface area (Å²) in [5.41, 5.74) is 0. The Bertz CT molecular complexity index is 887. The molecular formula is C53H102O6. The maximum absolute atomic E-state index is 12.8. The average molecular weight is 835 g/mol. The Kier molecular flexibility index (Phi) is 46.2. The Labute approximate surface area is 368 Å². The number of rotatable bonds is 48. The molecule has 0 aromatic heterocycles. The third kappa shape index (κ3) is 47.3. The number of ether oxygens (including phenoxy) is 3. The van der Waals surface area contributed by atoms with Crippen LogP contribution in [0.1, 0.15) is 297 Å². The molecule has 0 heterocycles. The van der Waals surface area contributed by atoms with Crippen molar-refractivity contribution in [2.45, 2.75) is 303 Å². The standard InChI is InChI=1S/C53H102O6/c1-5-7-9-11-13-15-17-18-19-20-21-22-23-24-26-28-34-38-42-46-53(56)59-50(47-57-51(54)44-40-36-32-27-25-16-14-12-10-8-6-2)48-58-52(55)45-41-37-33-30-29-31-35-39-43-49(3)4/h49-50H,5-48H2,1-4H3/t50-/m1/s1.